The molecule has 2 aromatic heterocycles. The Morgan fingerprint density at radius 3 is 2.81 bits per heavy atom. The first-order chi connectivity index (χ1) is 13.0. The summed E-state index contributed by atoms with van der Waals surface area (Å²) >= 11 is 0. The summed E-state index contributed by atoms with van der Waals surface area (Å²) in [7, 11) is 0. The number of hydrogen-bond acceptors (Lipinski definition) is 5. The first-order valence-electron chi connectivity index (χ1n) is 8.73. The average Bonchev–Trinajstić information content (AvgIpc) is 3.14. The number of alkyl halides is 3. The molecule has 0 spiro atoms. The molecule has 1 aromatic carbocycles. The molecule has 3 heterocycles. The molecule has 1 aliphatic rings. The van der Waals surface area contributed by atoms with Gasteiger partial charge in [0.2, 0.25) is 0 Å². The van der Waals surface area contributed by atoms with Crippen LogP contribution in [0.15, 0.2) is 42.9 Å². The largest absolute Gasteiger partial charge is 0.364 e. The SMILES string of the molecule is F[C@H]1CN(CC(F)(F)c2ccccc2)CC[C@H]1Nc1ncnc2[nH]ncc12. The van der Waals surface area contributed by atoms with Gasteiger partial charge in [0.25, 0.3) is 5.92 Å². The second-order valence-corrected chi connectivity index (χ2v) is 6.72. The summed E-state index contributed by atoms with van der Waals surface area (Å²) in [6.07, 6.45) is 2.05. The van der Waals surface area contributed by atoms with Crippen LogP contribution in [0.2, 0.25) is 0 Å². The van der Waals surface area contributed by atoms with Crippen molar-refractivity contribution in [2.45, 2.75) is 24.6 Å². The molecule has 4 rings (SSSR count). The smallest absolute Gasteiger partial charge is 0.285 e. The standard InChI is InChI=1S/C18H19F3N6/c19-14-9-27(10-18(20,21)12-4-2-1-3-5-12)7-6-15(14)25-16-13-8-24-26-17(13)23-11-22-16/h1-5,8,11,14-15H,6-7,9-10H2,(H2,22,23,24,25,26)/t14-,15+/m0/s1. The maximum Gasteiger partial charge on any atom is 0.285 e. The zero-order valence-electron chi connectivity index (χ0n) is 14.4. The molecule has 0 bridgehead atoms. The van der Waals surface area contributed by atoms with Crippen molar-refractivity contribution in [2.75, 3.05) is 25.0 Å². The van der Waals surface area contributed by atoms with E-state index in [1.165, 1.54) is 23.4 Å². The van der Waals surface area contributed by atoms with Crippen LogP contribution in [-0.4, -0.2) is 56.9 Å². The number of nitrogens with zero attached hydrogens (tertiary/aromatic N) is 4. The third-order valence-corrected chi connectivity index (χ3v) is 4.81. The third kappa shape index (κ3) is 3.73. The highest BCUT2D eigenvalue weighted by molar-refractivity contribution is 5.85. The van der Waals surface area contributed by atoms with Crippen molar-refractivity contribution >= 4 is 16.9 Å². The lowest BCUT2D eigenvalue weighted by atomic mass is 10.0. The molecule has 0 unspecified atom stereocenters. The van der Waals surface area contributed by atoms with Crippen molar-refractivity contribution in [1.82, 2.24) is 25.1 Å². The van der Waals surface area contributed by atoms with Crippen LogP contribution in [0.4, 0.5) is 19.0 Å². The number of likely N-dealkylation sites (tertiary alicyclic amines) is 1. The number of piperidine rings is 1. The van der Waals surface area contributed by atoms with E-state index in [1.807, 2.05) is 0 Å². The quantitative estimate of drug-likeness (QED) is 0.717. The van der Waals surface area contributed by atoms with Crippen molar-refractivity contribution in [1.29, 1.82) is 0 Å². The molecule has 2 atom stereocenters. The minimum Gasteiger partial charge on any atom is -0.364 e. The Bertz CT molecular complexity index is 900. The van der Waals surface area contributed by atoms with E-state index in [4.69, 9.17) is 0 Å². The number of hydrogen-bond donors (Lipinski definition) is 2. The maximum atomic E-state index is 14.7. The van der Waals surface area contributed by atoms with Crippen molar-refractivity contribution in [3.8, 4) is 0 Å². The topological polar surface area (TPSA) is 69.7 Å². The molecule has 6 nitrogen and oxygen atoms in total. The summed E-state index contributed by atoms with van der Waals surface area (Å²) < 4.78 is 43.6. The summed E-state index contributed by atoms with van der Waals surface area (Å²) in [6.45, 7) is -0.177. The van der Waals surface area contributed by atoms with Gasteiger partial charge in [-0.25, -0.2) is 14.4 Å². The van der Waals surface area contributed by atoms with Crippen LogP contribution in [0.3, 0.4) is 0 Å². The fourth-order valence-corrected chi connectivity index (χ4v) is 3.38. The molecule has 2 N–H and O–H groups in total. The van der Waals surface area contributed by atoms with E-state index < -0.39 is 24.7 Å². The minimum atomic E-state index is -3.02. The van der Waals surface area contributed by atoms with Gasteiger partial charge in [0.15, 0.2) is 5.65 Å². The predicted octanol–water partition coefficient (Wildman–Crippen LogP) is 2.97. The third-order valence-electron chi connectivity index (χ3n) is 4.81. The number of aromatic nitrogens is 4. The van der Waals surface area contributed by atoms with Gasteiger partial charge in [-0.15, -0.1) is 0 Å². The lowest BCUT2D eigenvalue weighted by molar-refractivity contribution is -0.0491. The van der Waals surface area contributed by atoms with Crippen molar-refractivity contribution in [3.63, 3.8) is 0 Å². The molecule has 9 heteroatoms. The Hall–Kier alpha value is -2.68. The molecule has 0 radical (unpaired) electrons. The van der Waals surface area contributed by atoms with Gasteiger partial charge in [-0.1, -0.05) is 30.3 Å². The van der Waals surface area contributed by atoms with Crippen molar-refractivity contribution in [3.05, 3.63) is 48.4 Å². The van der Waals surface area contributed by atoms with E-state index in [0.717, 1.165) is 0 Å². The first-order valence-corrected chi connectivity index (χ1v) is 8.73. The summed E-state index contributed by atoms with van der Waals surface area (Å²) in [5.74, 6) is -2.53. The monoisotopic (exact) mass is 376 g/mol. The highest BCUT2D eigenvalue weighted by Crippen LogP contribution is 2.30. The van der Waals surface area contributed by atoms with E-state index in [0.29, 0.717) is 29.8 Å². The van der Waals surface area contributed by atoms with Gasteiger partial charge in [-0.05, 0) is 6.42 Å². The fraction of sp³-hybridized carbons (Fsp3) is 0.389. The fourth-order valence-electron chi connectivity index (χ4n) is 3.38. The Labute approximate surface area is 153 Å². The Kier molecular flexibility index (Phi) is 4.69. The molecular weight excluding hydrogens is 357 g/mol. The normalized spacial score (nSPS) is 21.4. The first kappa shape index (κ1) is 17.7. The highest BCUT2D eigenvalue weighted by atomic mass is 19.3. The van der Waals surface area contributed by atoms with Crippen LogP contribution in [0, 0.1) is 0 Å². The average molecular weight is 376 g/mol. The molecule has 1 aliphatic heterocycles. The molecule has 27 heavy (non-hydrogen) atoms. The minimum absolute atomic E-state index is 0.0519. The van der Waals surface area contributed by atoms with E-state index in [1.54, 1.807) is 24.4 Å². The van der Waals surface area contributed by atoms with Gasteiger partial charge >= 0.3 is 0 Å². The van der Waals surface area contributed by atoms with Crippen molar-refractivity contribution in [2.24, 2.45) is 0 Å². The molecule has 0 aliphatic carbocycles. The van der Waals surface area contributed by atoms with Gasteiger partial charge in [-0.2, -0.15) is 13.9 Å². The van der Waals surface area contributed by atoms with Crippen LogP contribution in [-0.2, 0) is 5.92 Å². The van der Waals surface area contributed by atoms with Gasteiger partial charge in [-0.3, -0.25) is 10.00 Å². The molecule has 0 saturated carbocycles. The summed E-state index contributed by atoms with van der Waals surface area (Å²) in [5, 5.41) is 10.4. The molecule has 0 amide bonds. The second kappa shape index (κ2) is 7.15. The molecule has 142 valence electrons. The number of H-pyrrole nitrogens is 1. The van der Waals surface area contributed by atoms with E-state index in [-0.39, 0.29) is 12.1 Å². The number of aromatic amines is 1. The number of rotatable bonds is 5. The summed E-state index contributed by atoms with van der Waals surface area (Å²) in [6, 6.07) is 7.14. The summed E-state index contributed by atoms with van der Waals surface area (Å²) in [5.41, 5.74) is 0.506. The Balaban J connectivity index is 1.40. The number of nitrogens with one attached hydrogen (secondary N) is 2. The Morgan fingerprint density at radius 2 is 2.04 bits per heavy atom. The van der Waals surface area contributed by atoms with Gasteiger partial charge in [0.05, 0.1) is 24.2 Å². The lowest BCUT2D eigenvalue weighted by Crippen LogP contribution is -2.50. The van der Waals surface area contributed by atoms with Crippen LogP contribution in [0.1, 0.15) is 12.0 Å². The van der Waals surface area contributed by atoms with Crippen molar-refractivity contribution < 1.29 is 13.2 Å². The number of fused-ring (bicyclic) bond motifs is 1. The van der Waals surface area contributed by atoms with E-state index >= 15 is 0 Å². The highest BCUT2D eigenvalue weighted by Gasteiger charge is 2.38. The molecular formula is C18H19F3N6. The number of halogens is 3. The molecule has 3 aromatic rings. The summed E-state index contributed by atoms with van der Waals surface area (Å²) in [4.78, 5) is 9.66. The number of anilines is 1. The van der Waals surface area contributed by atoms with Gasteiger partial charge in [0.1, 0.15) is 18.3 Å². The van der Waals surface area contributed by atoms with Gasteiger partial charge in [0, 0.05) is 18.7 Å². The number of benzene rings is 1. The van der Waals surface area contributed by atoms with Crippen LogP contribution < -0.4 is 5.32 Å². The zero-order valence-corrected chi connectivity index (χ0v) is 14.4. The second-order valence-electron chi connectivity index (χ2n) is 6.72. The maximum absolute atomic E-state index is 14.7. The zero-order chi connectivity index (χ0) is 18.9. The Morgan fingerprint density at radius 1 is 1.22 bits per heavy atom. The lowest BCUT2D eigenvalue weighted by Gasteiger charge is -2.36. The predicted molar refractivity (Wildman–Crippen MR) is 95.4 cm³/mol. The van der Waals surface area contributed by atoms with E-state index in [2.05, 4.69) is 25.5 Å². The van der Waals surface area contributed by atoms with Gasteiger partial charge < -0.3 is 5.32 Å². The molecule has 1 saturated heterocycles. The van der Waals surface area contributed by atoms with E-state index in [9.17, 15) is 13.2 Å². The van der Waals surface area contributed by atoms with Crippen LogP contribution in [0.5, 0.6) is 0 Å². The van der Waals surface area contributed by atoms with Crippen LogP contribution in [0.25, 0.3) is 11.0 Å². The van der Waals surface area contributed by atoms with Crippen LogP contribution >= 0.6 is 0 Å². The molecule has 1 fully saturated rings.